The average molecular weight is 266 g/mol. The molecule has 1 heterocycles. The zero-order chi connectivity index (χ0) is 13.8. The number of rotatable bonds is 3. The number of nitrogens with one attached hydrogen (secondary N) is 2. The maximum atomic E-state index is 13.5. The molecule has 0 aliphatic carbocycles. The Hall–Kier alpha value is -1.95. The summed E-state index contributed by atoms with van der Waals surface area (Å²) in [6.07, 6.45) is 1.40. The molecular weight excluding hydrogens is 251 g/mol. The summed E-state index contributed by atoms with van der Waals surface area (Å²) in [5, 5.41) is 14.4. The summed E-state index contributed by atoms with van der Waals surface area (Å²) in [5.74, 6) is -2.21. The second-order valence-corrected chi connectivity index (χ2v) is 4.51. The molecule has 0 radical (unpaired) electrons. The minimum atomic E-state index is -1.16. The molecular formula is C13H15FN2O3. The van der Waals surface area contributed by atoms with Gasteiger partial charge in [-0.25, -0.2) is 9.18 Å². The van der Waals surface area contributed by atoms with E-state index < -0.39 is 11.8 Å². The quantitative estimate of drug-likeness (QED) is 0.774. The smallest absolute Gasteiger partial charge is 0.335 e. The maximum Gasteiger partial charge on any atom is 0.335 e. The van der Waals surface area contributed by atoms with Crippen LogP contribution in [0.3, 0.4) is 0 Å². The molecule has 0 aromatic heterocycles. The minimum absolute atomic E-state index is 0.0537. The van der Waals surface area contributed by atoms with Crippen molar-refractivity contribution in [2.75, 3.05) is 18.4 Å². The lowest BCUT2D eigenvalue weighted by Gasteiger charge is -2.21. The van der Waals surface area contributed by atoms with Gasteiger partial charge in [0.1, 0.15) is 5.82 Å². The van der Waals surface area contributed by atoms with Crippen molar-refractivity contribution >= 4 is 17.6 Å². The van der Waals surface area contributed by atoms with Crippen LogP contribution >= 0.6 is 0 Å². The Morgan fingerprint density at radius 3 is 2.63 bits per heavy atom. The zero-order valence-corrected chi connectivity index (χ0v) is 10.3. The van der Waals surface area contributed by atoms with Crippen molar-refractivity contribution in [3.8, 4) is 0 Å². The highest BCUT2D eigenvalue weighted by atomic mass is 19.1. The second kappa shape index (κ2) is 5.79. The van der Waals surface area contributed by atoms with Gasteiger partial charge in [-0.1, -0.05) is 0 Å². The zero-order valence-electron chi connectivity index (χ0n) is 10.3. The van der Waals surface area contributed by atoms with Crippen LogP contribution in [0.4, 0.5) is 10.1 Å². The lowest BCUT2D eigenvalue weighted by molar-refractivity contribution is -0.120. The number of carboxylic acids is 1. The van der Waals surface area contributed by atoms with Crippen LogP contribution in [-0.2, 0) is 4.79 Å². The SMILES string of the molecule is O=C(O)c1ccc(F)c(NC(=O)C2CCNCC2)c1. The number of benzene rings is 1. The first kappa shape index (κ1) is 13.5. The summed E-state index contributed by atoms with van der Waals surface area (Å²) in [6, 6.07) is 3.34. The van der Waals surface area contributed by atoms with Crippen molar-refractivity contribution in [2.24, 2.45) is 5.92 Å². The van der Waals surface area contributed by atoms with Crippen molar-refractivity contribution in [2.45, 2.75) is 12.8 Å². The number of piperidine rings is 1. The molecule has 1 aromatic carbocycles. The van der Waals surface area contributed by atoms with E-state index in [0.717, 1.165) is 31.3 Å². The first-order chi connectivity index (χ1) is 9.08. The third-order valence-corrected chi connectivity index (χ3v) is 3.18. The van der Waals surface area contributed by atoms with Gasteiger partial charge < -0.3 is 15.7 Å². The van der Waals surface area contributed by atoms with Gasteiger partial charge in [0.2, 0.25) is 5.91 Å². The van der Waals surface area contributed by atoms with E-state index in [0.29, 0.717) is 12.8 Å². The van der Waals surface area contributed by atoms with Crippen LogP contribution in [0.15, 0.2) is 18.2 Å². The lowest BCUT2D eigenvalue weighted by atomic mass is 9.97. The Labute approximate surface area is 109 Å². The van der Waals surface area contributed by atoms with E-state index in [2.05, 4.69) is 10.6 Å². The van der Waals surface area contributed by atoms with Crippen LogP contribution in [0, 0.1) is 11.7 Å². The summed E-state index contributed by atoms with van der Waals surface area (Å²) in [6.45, 7) is 1.52. The molecule has 5 nitrogen and oxygen atoms in total. The molecule has 1 aromatic rings. The topological polar surface area (TPSA) is 78.4 Å². The minimum Gasteiger partial charge on any atom is -0.478 e. The molecule has 3 N–H and O–H groups in total. The number of hydrogen-bond donors (Lipinski definition) is 3. The van der Waals surface area contributed by atoms with E-state index in [9.17, 15) is 14.0 Å². The number of amides is 1. The standard InChI is InChI=1S/C13H15FN2O3/c14-10-2-1-9(13(18)19)7-11(10)16-12(17)8-3-5-15-6-4-8/h1-2,7-8,15H,3-6H2,(H,16,17)(H,18,19). The van der Waals surface area contributed by atoms with Crippen molar-refractivity contribution < 1.29 is 19.1 Å². The predicted molar refractivity (Wildman–Crippen MR) is 67.6 cm³/mol. The molecule has 0 bridgehead atoms. The molecule has 6 heteroatoms. The number of carbonyl (C=O) groups excluding carboxylic acids is 1. The van der Waals surface area contributed by atoms with Gasteiger partial charge in [0, 0.05) is 5.92 Å². The van der Waals surface area contributed by atoms with Gasteiger partial charge in [0.15, 0.2) is 0 Å². The van der Waals surface area contributed by atoms with E-state index in [1.54, 1.807) is 0 Å². The van der Waals surface area contributed by atoms with Crippen molar-refractivity contribution in [3.05, 3.63) is 29.6 Å². The van der Waals surface area contributed by atoms with Crippen LogP contribution < -0.4 is 10.6 Å². The van der Waals surface area contributed by atoms with Crippen LogP contribution in [0.5, 0.6) is 0 Å². The lowest BCUT2D eigenvalue weighted by Crippen LogP contribution is -2.34. The van der Waals surface area contributed by atoms with Crippen molar-refractivity contribution in [1.82, 2.24) is 5.32 Å². The molecule has 0 spiro atoms. The first-order valence-electron chi connectivity index (χ1n) is 6.12. The largest absolute Gasteiger partial charge is 0.478 e. The predicted octanol–water partition coefficient (Wildman–Crippen LogP) is 1.46. The third kappa shape index (κ3) is 3.29. The number of anilines is 1. The number of aromatic carboxylic acids is 1. The number of carbonyl (C=O) groups is 2. The molecule has 1 fully saturated rings. The normalized spacial score (nSPS) is 16.1. The molecule has 1 aliphatic heterocycles. The maximum absolute atomic E-state index is 13.5. The van der Waals surface area contributed by atoms with Gasteiger partial charge in [0.25, 0.3) is 0 Å². The third-order valence-electron chi connectivity index (χ3n) is 3.18. The Balaban J connectivity index is 2.11. The Morgan fingerprint density at radius 1 is 1.32 bits per heavy atom. The summed E-state index contributed by atoms with van der Waals surface area (Å²) in [4.78, 5) is 22.8. The Morgan fingerprint density at radius 2 is 2.00 bits per heavy atom. The van der Waals surface area contributed by atoms with E-state index in [1.807, 2.05) is 0 Å². The monoisotopic (exact) mass is 266 g/mol. The van der Waals surface area contributed by atoms with Gasteiger partial charge >= 0.3 is 5.97 Å². The van der Waals surface area contributed by atoms with E-state index >= 15 is 0 Å². The van der Waals surface area contributed by atoms with Crippen molar-refractivity contribution in [3.63, 3.8) is 0 Å². The molecule has 19 heavy (non-hydrogen) atoms. The Bertz CT molecular complexity index is 499. The molecule has 0 unspecified atom stereocenters. The second-order valence-electron chi connectivity index (χ2n) is 4.51. The van der Waals surface area contributed by atoms with Crippen LogP contribution in [0.2, 0.25) is 0 Å². The molecule has 1 amide bonds. The van der Waals surface area contributed by atoms with Gasteiger partial charge in [0.05, 0.1) is 11.3 Å². The fourth-order valence-electron chi connectivity index (χ4n) is 2.07. The van der Waals surface area contributed by atoms with Gasteiger partial charge in [-0.3, -0.25) is 4.79 Å². The van der Waals surface area contributed by atoms with Gasteiger partial charge in [-0.15, -0.1) is 0 Å². The summed E-state index contributed by atoms with van der Waals surface area (Å²) < 4.78 is 13.5. The molecule has 0 atom stereocenters. The summed E-state index contributed by atoms with van der Waals surface area (Å²) >= 11 is 0. The highest BCUT2D eigenvalue weighted by Gasteiger charge is 2.22. The molecule has 2 rings (SSSR count). The summed E-state index contributed by atoms with van der Waals surface area (Å²) in [7, 11) is 0. The Kier molecular flexibility index (Phi) is 4.11. The number of halogens is 1. The highest BCUT2D eigenvalue weighted by molar-refractivity contribution is 5.95. The fraction of sp³-hybridized carbons (Fsp3) is 0.385. The molecule has 1 saturated heterocycles. The van der Waals surface area contributed by atoms with Gasteiger partial charge in [-0.05, 0) is 44.1 Å². The van der Waals surface area contributed by atoms with E-state index in [1.165, 1.54) is 0 Å². The molecule has 102 valence electrons. The molecule has 1 aliphatic rings. The van der Waals surface area contributed by atoms with Gasteiger partial charge in [-0.2, -0.15) is 0 Å². The van der Waals surface area contributed by atoms with E-state index in [4.69, 9.17) is 5.11 Å². The summed E-state index contributed by atoms with van der Waals surface area (Å²) in [5.41, 5.74) is -0.134. The van der Waals surface area contributed by atoms with Crippen LogP contribution in [0.25, 0.3) is 0 Å². The number of carboxylic acid groups (broad SMARTS) is 1. The van der Waals surface area contributed by atoms with E-state index in [-0.39, 0.29) is 23.1 Å². The highest BCUT2D eigenvalue weighted by Crippen LogP contribution is 2.19. The van der Waals surface area contributed by atoms with Crippen molar-refractivity contribution in [1.29, 1.82) is 0 Å². The fourth-order valence-corrected chi connectivity index (χ4v) is 2.07. The molecule has 0 saturated carbocycles. The van der Waals surface area contributed by atoms with Crippen LogP contribution in [-0.4, -0.2) is 30.1 Å². The first-order valence-corrected chi connectivity index (χ1v) is 6.12. The number of hydrogen-bond acceptors (Lipinski definition) is 3. The average Bonchev–Trinajstić information content (AvgIpc) is 2.42. The van der Waals surface area contributed by atoms with Crippen LogP contribution in [0.1, 0.15) is 23.2 Å².